The molecule has 0 atom stereocenters. The summed E-state index contributed by atoms with van der Waals surface area (Å²) in [6, 6.07) is 13.0. The highest BCUT2D eigenvalue weighted by Crippen LogP contribution is 2.31. The highest BCUT2D eigenvalue weighted by Gasteiger charge is 2.25. The lowest BCUT2D eigenvalue weighted by molar-refractivity contribution is -0.921. The lowest BCUT2D eigenvalue weighted by Gasteiger charge is -2.24. The van der Waals surface area contributed by atoms with Gasteiger partial charge in [0.25, 0.3) is 11.6 Å². The summed E-state index contributed by atoms with van der Waals surface area (Å²) in [6.07, 6.45) is 2.04. The predicted octanol–water partition coefficient (Wildman–Crippen LogP) is 1.51. The number of nitrogens with one attached hydrogen (secondary N) is 3. The summed E-state index contributed by atoms with van der Waals surface area (Å²) >= 11 is 0. The number of ether oxygens (including phenoxy) is 1. The van der Waals surface area contributed by atoms with Crippen LogP contribution in [0.5, 0.6) is 0 Å². The highest BCUT2D eigenvalue weighted by atomic mass is 16.6. The molecule has 4 rings (SSSR count). The monoisotopic (exact) mass is 411 g/mol. The predicted molar refractivity (Wildman–Crippen MR) is 113 cm³/mol. The summed E-state index contributed by atoms with van der Waals surface area (Å²) in [5.74, 6) is -0.315. The smallest absolute Gasteiger partial charge is 0.293 e. The summed E-state index contributed by atoms with van der Waals surface area (Å²) in [5, 5.41) is 17.5. The lowest BCUT2D eigenvalue weighted by Crippen LogP contribution is -3.12. The second kappa shape index (κ2) is 9.23. The summed E-state index contributed by atoms with van der Waals surface area (Å²) in [7, 11) is 0. The van der Waals surface area contributed by atoms with Gasteiger partial charge in [0.2, 0.25) is 0 Å². The van der Waals surface area contributed by atoms with E-state index in [0.717, 1.165) is 51.3 Å². The van der Waals surface area contributed by atoms with Gasteiger partial charge in [-0.25, -0.2) is 0 Å². The molecular formula is C22H27N4O4+. The van der Waals surface area contributed by atoms with Crippen LogP contribution in [0.2, 0.25) is 0 Å². The van der Waals surface area contributed by atoms with Crippen molar-refractivity contribution >= 4 is 17.3 Å². The Morgan fingerprint density at radius 3 is 2.57 bits per heavy atom. The van der Waals surface area contributed by atoms with E-state index in [-0.39, 0.29) is 11.6 Å². The van der Waals surface area contributed by atoms with Crippen LogP contribution in [0.3, 0.4) is 0 Å². The minimum Gasteiger partial charge on any atom is -0.377 e. The van der Waals surface area contributed by atoms with Crippen molar-refractivity contribution in [3.8, 4) is 0 Å². The molecule has 1 aliphatic carbocycles. The van der Waals surface area contributed by atoms with Gasteiger partial charge in [-0.05, 0) is 30.5 Å². The zero-order valence-corrected chi connectivity index (χ0v) is 16.9. The number of nitrogens with zero attached hydrogens (tertiary/aromatic N) is 1. The summed E-state index contributed by atoms with van der Waals surface area (Å²) in [5.41, 5.74) is 2.96. The molecule has 2 aromatic carbocycles. The van der Waals surface area contributed by atoms with Gasteiger partial charge < -0.3 is 20.3 Å². The number of morpholine rings is 1. The van der Waals surface area contributed by atoms with E-state index in [1.807, 2.05) is 18.2 Å². The topological polar surface area (TPSA) is 97.9 Å². The first-order valence-electron chi connectivity index (χ1n) is 10.4. The number of carbonyl (C=O) groups is 1. The Morgan fingerprint density at radius 2 is 1.87 bits per heavy atom. The maximum Gasteiger partial charge on any atom is 0.293 e. The third-order valence-electron chi connectivity index (χ3n) is 5.59. The molecule has 1 saturated carbocycles. The molecule has 0 unspecified atom stereocenters. The molecule has 3 N–H and O–H groups in total. The van der Waals surface area contributed by atoms with Gasteiger partial charge in [-0.15, -0.1) is 0 Å². The Morgan fingerprint density at radius 1 is 1.13 bits per heavy atom. The number of nitro benzene ring substituents is 1. The van der Waals surface area contributed by atoms with Crippen molar-refractivity contribution in [1.82, 2.24) is 5.32 Å². The first-order valence-corrected chi connectivity index (χ1v) is 10.4. The van der Waals surface area contributed by atoms with Gasteiger partial charge in [-0.3, -0.25) is 14.9 Å². The zero-order valence-electron chi connectivity index (χ0n) is 16.9. The molecule has 1 aliphatic heterocycles. The van der Waals surface area contributed by atoms with E-state index in [2.05, 4.69) is 16.7 Å². The number of amides is 1. The molecule has 0 bridgehead atoms. The van der Waals surface area contributed by atoms with Gasteiger partial charge >= 0.3 is 0 Å². The van der Waals surface area contributed by atoms with Gasteiger partial charge in [0, 0.05) is 29.8 Å². The lowest BCUT2D eigenvalue weighted by atomic mass is 10.1. The molecule has 1 heterocycles. The maximum atomic E-state index is 12.7. The Labute approximate surface area is 175 Å². The van der Waals surface area contributed by atoms with Gasteiger partial charge in [-0.2, -0.15) is 0 Å². The van der Waals surface area contributed by atoms with E-state index in [0.29, 0.717) is 23.8 Å². The van der Waals surface area contributed by atoms with Crippen LogP contribution in [0, 0.1) is 10.1 Å². The third kappa shape index (κ3) is 5.14. The Hall–Kier alpha value is -2.97. The summed E-state index contributed by atoms with van der Waals surface area (Å²) in [6.45, 7) is 4.78. The fraction of sp³-hybridized carbons (Fsp3) is 0.409. The van der Waals surface area contributed by atoms with Crippen LogP contribution in [0.25, 0.3) is 0 Å². The number of quaternary nitrogens is 1. The molecule has 1 amide bonds. The molecule has 0 radical (unpaired) electrons. The molecule has 0 aromatic heterocycles. The molecule has 2 aliphatic rings. The van der Waals surface area contributed by atoms with Crippen LogP contribution in [-0.4, -0.2) is 43.2 Å². The molecule has 158 valence electrons. The number of benzene rings is 2. The number of hydrogen-bond donors (Lipinski definition) is 3. The van der Waals surface area contributed by atoms with Gasteiger partial charge in [0.1, 0.15) is 25.3 Å². The SMILES string of the molecule is O=C(NCc1ccccc1C[NH+]1CCOCC1)c1ccc(NC2CC2)c([N+](=O)[O-])c1. The van der Waals surface area contributed by atoms with E-state index in [1.54, 1.807) is 12.1 Å². The second-order valence-corrected chi connectivity index (χ2v) is 7.90. The number of nitro groups is 1. The number of anilines is 1. The van der Waals surface area contributed by atoms with Crippen LogP contribution in [0.15, 0.2) is 42.5 Å². The molecule has 0 spiro atoms. The molecular weight excluding hydrogens is 384 g/mol. The third-order valence-corrected chi connectivity index (χ3v) is 5.59. The van der Waals surface area contributed by atoms with E-state index in [4.69, 9.17) is 4.74 Å². The molecule has 1 saturated heterocycles. The van der Waals surface area contributed by atoms with Crippen LogP contribution < -0.4 is 15.5 Å². The Bertz CT molecular complexity index is 923. The maximum absolute atomic E-state index is 12.7. The Balaban J connectivity index is 1.42. The molecule has 30 heavy (non-hydrogen) atoms. The highest BCUT2D eigenvalue weighted by molar-refractivity contribution is 5.95. The van der Waals surface area contributed by atoms with Crippen molar-refractivity contribution < 1.29 is 19.4 Å². The molecule has 8 nitrogen and oxygen atoms in total. The van der Waals surface area contributed by atoms with E-state index in [1.165, 1.54) is 16.5 Å². The number of carbonyl (C=O) groups excluding carboxylic acids is 1. The van der Waals surface area contributed by atoms with Crippen molar-refractivity contribution in [2.75, 3.05) is 31.6 Å². The average Bonchev–Trinajstić information content (AvgIpc) is 3.58. The number of hydrogen-bond acceptors (Lipinski definition) is 5. The normalized spacial score (nSPS) is 16.8. The second-order valence-electron chi connectivity index (χ2n) is 7.90. The minimum absolute atomic E-state index is 0.0640. The first-order chi connectivity index (χ1) is 14.6. The quantitative estimate of drug-likeness (QED) is 0.452. The van der Waals surface area contributed by atoms with Crippen molar-refractivity contribution in [2.24, 2.45) is 0 Å². The summed E-state index contributed by atoms with van der Waals surface area (Å²) < 4.78 is 5.42. The zero-order chi connectivity index (χ0) is 20.9. The summed E-state index contributed by atoms with van der Waals surface area (Å²) in [4.78, 5) is 25.1. The van der Waals surface area contributed by atoms with Gasteiger partial charge in [0.05, 0.1) is 18.1 Å². The fourth-order valence-corrected chi connectivity index (χ4v) is 3.68. The van der Waals surface area contributed by atoms with Crippen molar-refractivity contribution in [3.05, 3.63) is 69.3 Å². The molecule has 2 fully saturated rings. The van der Waals surface area contributed by atoms with Gasteiger partial charge in [-0.1, -0.05) is 24.3 Å². The Kier molecular flexibility index (Phi) is 6.25. The number of rotatable bonds is 8. The van der Waals surface area contributed by atoms with E-state index < -0.39 is 4.92 Å². The van der Waals surface area contributed by atoms with Crippen LogP contribution in [0.4, 0.5) is 11.4 Å². The molecule has 2 aromatic rings. The van der Waals surface area contributed by atoms with Crippen LogP contribution in [-0.2, 0) is 17.8 Å². The van der Waals surface area contributed by atoms with E-state index >= 15 is 0 Å². The van der Waals surface area contributed by atoms with Crippen LogP contribution in [0.1, 0.15) is 34.3 Å². The first kappa shape index (κ1) is 20.3. The fourth-order valence-electron chi connectivity index (χ4n) is 3.68. The van der Waals surface area contributed by atoms with Crippen molar-refractivity contribution in [2.45, 2.75) is 32.0 Å². The van der Waals surface area contributed by atoms with Crippen LogP contribution >= 0.6 is 0 Å². The van der Waals surface area contributed by atoms with Crippen molar-refractivity contribution in [1.29, 1.82) is 0 Å². The van der Waals surface area contributed by atoms with Crippen molar-refractivity contribution in [3.63, 3.8) is 0 Å². The standard InChI is InChI=1S/C22H26N4O4/c27-22(16-5-8-20(24-19-6-7-19)21(13-16)26(28)29)23-14-17-3-1-2-4-18(17)15-25-9-11-30-12-10-25/h1-5,8,13,19,24H,6-7,9-12,14-15H2,(H,23,27)/p+1. The van der Waals surface area contributed by atoms with Gasteiger partial charge in [0.15, 0.2) is 0 Å². The average molecular weight is 411 g/mol. The largest absolute Gasteiger partial charge is 0.377 e. The molecule has 8 heteroatoms. The van der Waals surface area contributed by atoms with E-state index in [9.17, 15) is 14.9 Å². The minimum atomic E-state index is -0.443.